The number of nitrogens with one attached hydrogen (secondary N) is 1. The van der Waals surface area contributed by atoms with Crippen LogP contribution in [0.4, 0.5) is 5.69 Å². The van der Waals surface area contributed by atoms with Gasteiger partial charge in [-0.1, -0.05) is 30.5 Å². The molecule has 0 spiro atoms. The molecule has 1 saturated heterocycles. The summed E-state index contributed by atoms with van der Waals surface area (Å²) in [6.45, 7) is 4.46. The van der Waals surface area contributed by atoms with Gasteiger partial charge in [0.05, 0.1) is 6.54 Å². The van der Waals surface area contributed by atoms with Gasteiger partial charge in [-0.15, -0.1) is 0 Å². The summed E-state index contributed by atoms with van der Waals surface area (Å²) in [4.78, 5) is 14.3. The molecular formula is C15H21ClN2O. The summed E-state index contributed by atoms with van der Waals surface area (Å²) in [5.74, 6) is 0.0484. The van der Waals surface area contributed by atoms with Crippen molar-refractivity contribution < 1.29 is 4.79 Å². The quantitative estimate of drug-likeness (QED) is 0.920. The molecular weight excluding hydrogens is 260 g/mol. The molecule has 1 N–H and O–H groups in total. The number of hydrogen-bond acceptors (Lipinski definition) is 2. The number of rotatable bonds is 3. The van der Waals surface area contributed by atoms with Crippen molar-refractivity contribution in [3.8, 4) is 0 Å². The summed E-state index contributed by atoms with van der Waals surface area (Å²) in [5.41, 5.74) is 1.74. The summed E-state index contributed by atoms with van der Waals surface area (Å²) in [7, 11) is 0. The molecule has 0 aromatic heterocycles. The molecule has 104 valence electrons. The molecule has 0 radical (unpaired) electrons. The van der Waals surface area contributed by atoms with E-state index in [9.17, 15) is 4.79 Å². The largest absolute Gasteiger partial charge is 0.325 e. The molecule has 19 heavy (non-hydrogen) atoms. The van der Waals surface area contributed by atoms with E-state index in [0.717, 1.165) is 24.3 Å². The van der Waals surface area contributed by atoms with E-state index in [2.05, 4.69) is 10.2 Å². The van der Waals surface area contributed by atoms with Gasteiger partial charge in [0.25, 0.3) is 0 Å². The van der Waals surface area contributed by atoms with Gasteiger partial charge in [0.1, 0.15) is 0 Å². The summed E-state index contributed by atoms with van der Waals surface area (Å²) >= 11 is 6.05. The fourth-order valence-corrected chi connectivity index (χ4v) is 2.60. The first-order valence-electron chi connectivity index (χ1n) is 6.94. The van der Waals surface area contributed by atoms with Crippen LogP contribution >= 0.6 is 11.6 Å². The smallest absolute Gasteiger partial charge is 0.238 e. The van der Waals surface area contributed by atoms with Crippen LogP contribution in [0.1, 0.15) is 31.2 Å². The monoisotopic (exact) mass is 280 g/mol. The predicted molar refractivity (Wildman–Crippen MR) is 79.7 cm³/mol. The van der Waals surface area contributed by atoms with Crippen LogP contribution in [-0.4, -0.2) is 30.4 Å². The Bertz CT molecular complexity index is 440. The number of amides is 1. The molecule has 1 aromatic carbocycles. The third-order valence-corrected chi connectivity index (χ3v) is 4.02. The van der Waals surface area contributed by atoms with E-state index in [4.69, 9.17) is 11.6 Å². The number of hydrogen-bond donors (Lipinski definition) is 1. The third-order valence-electron chi connectivity index (χ3n) is 3.61. The topological polar surface area (TPSA) is 32.3 Å². The lowest BCUT2D eigenvalue weighted by Crippen LogP contribution is -2.34. The Morgan fingerprint density at radius 3 is 2.63 bits per heavy atom. The molecule has 1 fully saturated rings. The average Bonchev–Trinajstić information content (AvgIpc) is 2.63. The lowest BCUT2D eigenvalue weighted by Gasteiger charge is -2.19. The zero-order chi connectivity index (χ0) is 13.7. The lowest BCUT2D eigenvalue weighted by atomic mass is 10.2. The van der Waals surface area contributed by atoms with Crippen molar-refractivity contribution in [1.82, 2.24) is 4.90 Å². The number of halogens is 1. The Morgan fingerprint density at radius 2 is 1.95 bits per heavy atom. The van der Waals surface area contributed by atoms with Crippen LogP contribution in [0.15, 0.2) is 18.2 Å². The fraction of sp³-hybridized carbons (Fsp3) is 0.533. The van der Waals surface area contributed by atoms with Gasteiger partial charge in [-0.3, -0.25) is 9.69 Å². The zero-order valence-electron chi connectivity index (χ0n) is 11.4. The highest BCUT2D eigenvalue weighted by Crippen LogP contribution is 2.22. The minimum Gasteiger partial charge on any atom is -0.325 e. The Labute approximate surface area is 119 Å². The van der Waals surface area contributed by atoms with Crippen LogP contribution in [0, 0.1) is 6.92 Å². The summed E-state index contributed by atoms with van der Waals surface area (Å²) < 4.78 is 0. The molecule has 2 rings (SSSR count). The summed E-state index contributed by atoms with van der Waals surface area (Å²) in [5, 5.41) is 3.64. The minimum absolute atomic E-state index is 0.0484. The van der Waals surface area contributed by atoms with Crippen molar-refractivity contribution in [2.24, 2.45) is 0 Å². The highest BCUT2D eigenvalue weighted by atomic mass is 35.5. The van der Waals surface area contributed by atoms with Gasteiger partial charge in [-0.2, -0.15) is 0 Å². The van der Waals surface area contributed by atoms with Crippen molar-refractivity contribution >= 4 is 23.2 Å². The van der Waals surface area contributed by atoms with Crippen LogP contribution < -0.4 is 5.32 Å². The van der Waals surface area contributed by atoms with Gasteiger partial charge in [0.15, 0.2) is 0 Å². The van der Waals surface area contributed by atoms with Gasteiger partial charge in [-0.25, -0.2) is 0 Å². The Balaban J connectivity index is 1.91. The van der Waals surface area contributed by atoms with E-state index in [0.29, 0.717) is 11.6 Å². The van der Waals surface area contributed by atoms with Gasteiger partial charge >= 0.3 is 0 Å². The molecule has 1 amide bonds. The highest BCUT2D eigenvalue weighted by Gasteiger charge is 2.13. The van der Waals surface area contributed by atoms with Crippen LogP contribution in [0.25, 0.3) is 0 Å². The first-order chi connectivity index (χ1) is 9.16. The normalized spacial score (nSPS) is 16.9. The average molecular weight is 281 g/mol. The lowest BCUT2D eigenvalue weighted by molar-refractivity contribution is -0.117. The van der Waals surface area contributed by atoms with Crippen molar-refractivity contribution in [3.05, 3.63) is 28.8 Å². The number of anilines is 1. The second kappa shape index (κ2) is 6.92. The van der Waals surface area contributed by atoms with Gasteiger partial charge in [0.2, 0.25) is 5.91 Å². The third kappa shape index (κ3) is 4.22. The van der Waals surface area contributed by atoms with Crippen LogP contribution in [0.3, 0.4) is 0 Å². The molecule has 4 heteroatoms. The Hall–Kier alpha value is -1.06. The Morgan fingerprint density at radius 1 is 1.26 bits per heavy atom. The van der Waals surface area contributed by atoms with E-state index in [-0.39, 0.29) is 5.91 Å². The second-order valence-corrected chi connectivity index (χ2v) is 5.56. The molecule has 3 nitrogen and oxygen atoms in total. The molecule has 0 atom stereocenters. The molecule has 1 aliphatic rings. The Kier molecular flexibility index (Phi) is 5.23. The van der Waals surface area contributed by atoms with Crippen LogP contribution in [0.5, 0.6) is 0 Å². The first-order valence-corrected chi connectivity index (χ1v) is 7.32. The molecule has 0 unspecified atom stereocenters. The van der Waals surface area contributed by atoms with Crippen LogP contribution in [0.2, 0.25) is 5.02 Å². The van der Waals surface area contributed by atoms with Crippen molar-refractivity contribution in [1.29, 1.82) is 0 Å². The van der Waals surface area contributed by atoms with Crippen molar-refractivity contribution in [2.75, 3.05) is 25.0 Å². The van der Waals surface area contributed by atoms with E-state index in [1.807, 2.05) is 25.1 Å². The maximum atomic E-state index is 12.1. The second-order valence-electron chi connectivity index (χ2n) is 5.15. The van der Waals surface area contributed by atoms with E-state index in [1.165, 1.54) is 25.7 Å². The summed E-state index contributed by atoms with van der Waals surface area (Å²) in [6.07, 6.45) is 4.96. The van der Waals surface area contributed by atoms with E-state index >= 15 is 0 Å². The molecule has 0 bridgehead atoms. The van der Waals surface area contributed by atoms with E-state index in [1.54, 1.807) is 0 Å². The van der Waals surface area contributed by atoms with Crippen molar-refractivity contribution in [2.45, 2.75) is 32.6 Å². The summed E-state index contributed by atoms with van der Waals surface area (Å²) in [6, 6.07) is 5.58. The zero-order valence-corrected chi connectivity index (χ0v) is 12.2. The minimum atomic E-state index is 0.0484. The van der Waals surface area contributed by atoms with E-state index < -0.39 is 0 Å². The highest BCUT2D eigenvalue weighted by molar-refractivity contribution is 6.31. The first kappa shape index (κ1) is 14.4. The van der Waals surface area contributed by atoms with Gasteiger partial charge in [0, 0.05) is 10.7 Å². The SMILES string of the molecule is Cc1c(Cl)cccc1NC(=O)CN1CCCCCC1. The molecule has 1 aromatic rings. The number of benzene rings is 1. The number of likely N-dealkylation sites (tertiary alicyclic amines) is 1. The number of carbonyl (C=O) groups excluding carboxylic acids is 1. The van der Waals surface area contributed by atoms with Gasteiger partial charge in [-0.05, 0) is 50.6 Å². The molecule has 1 heterocycles. The van der Waals surface area contributed by atoms with Gasteiger partial charge < -0.3 is 5.32 Å². The molecule has 1 aliphatic heterocycles. The fourth-order valence-electron chi connectivity index (χ4n) is 2.43. The molecule has 0 aliphatic carbocycles. The van der Waals surface area contributed by atoms with Crippen LogP contribution in [-0.2, 0) is 4.79 Å². The maximum absolute atomic E-state index is 12.1. The number of nitrogens with zero attached hydrogens (tertiary/aromatic N) is 1. The number of carbonyl (C=O) groups is 1. The van der Waals surface area contributed by atoms with Crippen molar-refractivity contribution in [3.63, 3.8) is 0 Å². The predicted octanol–water partition coefficient (Wildman–Crippen LogP) is 3.46. The standard InChI is InChI=1S/C15H21ClN2O/c1-12-13(16)7-6-8-14(12)17-15(19)11-18-9-4-2-3-5-10-18/h6-8H,2-5,9-11H2,1H3,(H,17,19). The maximum Gasteiger partial charge on any atom is 0.238 e. The molecule has 0 saturated carbocycles.